The highest BCUT2D eigenvalue weighted by atomic mass is 16.4. The predicted molar refractivity (Wildman–Crippen MR) is 47.3 cm³/mol. The smallest absolute Gasteiger partial charge is 0.381 e. The largest absolute Gasteiger partial charge is 0.472 e. The first kappa shape index (κ1) is 10.6. The summed E-state index contributed by atoms with van der Waals surface area (Å²) in [5.74, 6) is 6.53. The van der Waals surface area contributed by atoms with E-state index in [4.69, 9.17) is 11.5 Å². The fraction of sp³-hybridized carbons (Fsp3) is 0.500. The molecule has 0 spiro atoms. The quantitative estimate of drug-likeness (QED) is 0.642. The maximum absolute atomic E-state index is 9.96. The molecule has 0 aromatic carbocycles. The van der Waals surface area contributed by atoms with E-state index < -0.39 is 5.97 Å². The third-order valence-electron chi connectivity index (χ3n) is 1.42. The standard InChI is InChI=1S/C10H12O2/c1-3-6-9(2)7-4-5-8-10(11)12/h1,9H,4,6-7H2,2H3,(H,11,12). The summed E-state index contributed by atoms with van der Waals surface area (Å²) in [7, 11) is 0. The third-order valence-corrected chi connectivity index (χ3v) is 1.42. The van der Waals surface area contributed by atoms with Crippen molar-refractivity contribution in [1.82, 2.24) is 0 Å². The van der Waals surface area contributed by atoms with Crippen molar-refractivity contribution < 1.29 is 9.90 Å². The van der Waals surface area contributed by atoms with Crippen molar-refractivity contribution in [3.05, 3.63) is 0 Å². The van der Waals surface area contributed by atoms with Crippen LogP contribution in [0.15, 0.2) is 0 Å². The normalized spacial score (nSPS) is 10.7. The Morgan fingerprint density at radius 1 is 1.67 bits per heavy atom. The van der Waals surface area contributed by atoms with E-state index in [1.54, 1.807) is 0 Å². The summed E-state index contributed by atoms with van der Waals surface area (Å²) in [6.07, 6.45) is 7.30. The molecule has 0 rings (SSSR count). The molecule has 0 aliphatic rings. The molecule has 0 aliphatic carbocycles. The van der Waals surface area contributed by atoms with Crippen molar-refractivity contribution in [2.45, 2.75) is 26.2 Å². The maximum Gasteiger partial charge on any atom is 0.381 e. The van der Waals surface area contributed by atoms with Crippen LogP contribution < -0.4 is 0 Å². The number of rotatable bonds is 3. The fourth-order valence-electron chi connectivity index (χ4n) is 0.760. The van der Waals surface area contributed by atoms with Crippen LogP contribution >= 0.6 is 0 Å². The third kappa shape index (κ3) is 6.71. The second-order valence-corrected chi connectivity index (χ2v) is 2.66. The van der Waals surface area contributed by atoms with Gasteiger partial charge in [-0.2, -0.15) is 0 Å². The van der Waals surface area contributed by atoms with Crippen LogP contribution in [0.4, 0.5) is 0 Å². The SMILES string of the molecule is C#CCC(C)CCC#CC(=O)O. The van der Waals surface area contributed by atoms with Gasteiger partial charge in [0, 0.05) is 18.8 Å². The van der Waals surface area contributed by atoms with Crippen LogP contribution in [0.25, 0.3) is 0 Å². The number of terminal acetylenes is 1. The molecule has 0 saturated heterocycles. The summed E-state index contributed by atoms with van der Waals surface area (Å²) in [6.45, 7) is 2.03. The monoisotopic (exact) mass is 164 g/mol. The number of hydrogen-bond acceptors (Lipinski definition) is 1. The number of carboxylic acid groups (broad SMARTS) is 1. The van der Waals surface area contributed by atoms with Crippen molar-refractivity contribution in [1.29, 1.82) is 0 Å². The average molecular weight is 164 g/mol. The molecule has 12 heavy (non-hydrogen) atoms. The summed E-state index contributed by atoms with van der Waals surface area (Å²) in [6, 6.07) is 0. The number of carboxylic acids is 1. The summed E-state index contributed by atoms with van der Waals surface area (Å²) in [5.41, 5.74) is 0. The summed E-state index contributed by atoms with van der Waals surface area (Å²) in [5, 5.41) is 8.18. The van der Waals surface area contributed by atoms with Gasteiger partial charge in [0.15, 0.2) is 0 Å². The van der Waals surface area contributed by atoms with Crippen molar-refractivity contribution in [2.24, 2.45) is 5.92 Å². The van der Waals surface area contributed by atoms with E-state index >= 15 is 0 Å². The van der Waals surface area contributed by atoms with Crippen molar-refractivity contribution in [3.63, 3.8) is 0 Å². The lowest BCUT2D eigenvalue weighted by Crippen LogP contribution is -1.92. The zero-order valence-corrected chi connectivity index (χ0v) is 7.13. The van der Waals surface area contributed by atoms with Crippen LogP contribution in [0.3, 0.4) is 0 Å². The lowest BCUT2D eigenvalue weighted by atomic mass is 10.0. The molecule has 0 amide bonds. The van der Waals surface area contributed by atoms with E-state index in [-0.39, 0.29) is 0 Å². The van der Waals surface area contributed by atoms with Gasteiger partial charge < -0.3 is 5.11 Å². The highest BCUT2D eigenvalue weighted by Gasteiger charge is 1.96. The Morgan fingerprint density at radius 3 is 2.83 bits per heavy atom. The van der Waals surface area contributed by atoms with Crippen LogP contribution in [-0.2, 0) is 4.79 Å². The highest BCUT2D eigenvalue weighted by molar-refractivity contribution is 5.86. The van der Waals surface area contributed by atoms with Gasteiger partial charge >= 0.3 is 5.97 Å². The van der Waals surface area contributed by atoms with Gasteiger partial charge in [0.1, 0.15) is 0 Å². The van der Waals surface area contributed by atoms with E-state index in [0.29, 0.717) is 12.3 Å². The lowest BCUT2D eigenvalue weighted by Gasteiger charge is -2.01. The average Bonchev–Trinajstić information content (AvgIpc) is 1.98. The first-order valence-corrected chi connectivity index (χ1v) is 3.82. The van der Waals surface area contributed by atoms with Gasteiger partial charge in [-0.25, -0.2) is 4.79 Å². The van der Waals surface area contributed by atoms with Crippen molar-refractivity contribution in [3.8, 4) is 24.2 Å². The molecule has 2 heteroatoms. The first-order chi connectivity index (χ1) is 5.66. The number of carbonyl (C=O) groups is 1. The number of hydrogen-bond donors (Lipinski definition) is 1. The second kappa shape index (κ2) is 6.31. The molecular weight excluding hydrogens is 152 g/mol. The van der Waals surface area contributed by atoms with E-state index in [2.05, 4.69) is 17.8 Å². The molecule has 0 heterocycles. The predicted octanol–water partition coefficient (Wildman–Crippen LogP) is 1.51. The van der Waals surface area contributed by atoms with Gasteiger partial charge in [-0.05, 0) is 12.3 Å². The molecule has 0 radical (unpaired) electrons. The highest BCUT2D eigenvalue weighted by Crippen LogP contribution is 2.07. The Morgan fingerprint density at radius 2 is 2.33 bits per heavy atom. The van der Waals surface area contributed by atoms with Gasteiger partial charge in [-0.1, -0.05) is 12.8 Å². The Bertz CT molecular complexity index is 237. The van der Waals surface area contributed by atoms with Crippen LogP contribution in [0.5, 0.6) is 0 Å². The molecule has 0 fully saturated rings. The molecule has 64 valence electrons. The minimum Gasteiger partial charge on any atom is -0.472 e. The van der Waals surface area contributed by atoms with Gasteiger partial charge in [0.25, 0.3) is 0 Å². The Hall–Kier alpha value is -1.41. The van der Waals surface area contributed by atoms with Crippen LogP contribution in [0, 0.1) is 30.1 Å². The van der Waals surface area contributed by atoms with Gasteiger partial charge in [0.05, 0.1) is 0 Å². The summed E-state index contributed by atoms with van der Waals surface area (Å²) in [4.78, 5) is 9.96. The topological polar surface area (TPSA) is 37.3 Å². The van der Waals surface area contributed by atoms with Crippen LogP contribution in [-0.4, -0.2) is 11.1 Å². The number of aliphatic carboxylic acids is 1. The van der Waals surface area contributed by atoms with Gasteiger partial charge in [0.2, 0.25) is 0 Å². The van der Waals surface area contributed by atoms with Crippen molar-refractivity contribution >= 4 is 5.97 Å². The molecule has 1 unspecified atom stereocenters. The molecule has 0 aromatic rings. The molecule has 0 bridgehead atoms. The summed E-state index contributed by atoms with van der Waals surface area (Å²) < 4.78 is 0. The minimum atomic E-state index is -1.07. The molecular formula is C10H12O2. The molecule has 1 atom stereocenters. The molecule has 0 saturated carbocycles. The second-order valence-electron chi connectivity index (χ2n) is 2.66. The van der Waals surface area contributed by atoms with E-state index in [9.17, 15) is 4.79 Å². The minimum absolute atomic E-state index is 0.429. The Balaban J connectivity index is 3.52. The van der Waals surface area contributed by atoms with Gasteiger partial charge in [-0.15, -0.1) is 12.3 Å². The summed E-state index contributed by atoms with van der Waals surface area (Å²) >= 11 is 0. The van der Waals surface area contributed by atoms with E-state index in [1.165, 1.54) is 0 Å². The molecule has 0 aliphatic heterocycles. The van der Waals surface area contributed by atoms with E-state index in [1.807, 2.05) is 6.92 Å². The Kier molecular flexibility index (Phi) is 5.57. The van der Waals surface area contributed by atoms with E-state index in [0.717, 1.165) is 12.8 Å². The molecule has 0 aromatic heterocycles. The maximum atomic E-state index is 9.96. The first-order valence-electron chi connectivity index (χ1n) is 3.82. The fourth-order valence-corrected chi connectivity index (χ4v) is 0.760. The molecule has 1 N–H and O–H groups in total. The van der Waals surface area contributed by atoms with Gasteiger partial charge in [-0.3, -0.25) is 0 Å². The van der Waals surface area contributed by atoms with Crippen LogP contribution in [0.1, 0.15) is 26.2 Å². The van der Waals surface area contributed by atoms with Crippen LogP contribution in [0.2, 0.25) is 0 Å². The zero-order chi connectivity index (χ0) is 9.40. The zero-order valence-electron chi connectivity index (χ0n) is 7.13. The Labute approximate surface area is 73.0 Å². The van der Waals surface area contributed by atoms with Crippen molar-refractivity contribution in [2.75, 3.05) is 0 Å². The lowest BCUT2D eigenvalue weighted by molar-refractivity contribution is -0.130. The molecule has 2 nitrogen and oxygen atoms in total.